The van der Waals surface area contributed by atoms with E-state index in [0.717, 1.165) is 29.9 Å². The quantitative estimate of drug-likeness (QED) is 0.729. The van der Waals surface area contributed by atoms with Crippen LogP contribution < -0.4 is 0 Å². The van der Waals surface area contributed by atoms with Crippen LogP contribution in [-0.4, -0.2) is 20.7 Å². The Hall–Kier alpha value is -1.37. The number of Topliss-reactive ketones (excluding diaryl/α,β-unsaturated/α-hetero) is 1. The zero-order valence-corrected chi connectivity index (χ0v) is 14.8. The average molecular weight is 357 g/mol. The molecule has 1 aliphatic carbocycles. The molecule has 1 unspecified atom stereocenters. The standard InChI is InChI=1S/C20H22OSe/c1-16-7-5-10-18(13-16)20(12-6-11-19(20)21)15-22-14-17-8-3-2-4-9-17/h2-5,7-10,13H,6,11-12,14-15H2,1H3. The van der Waals surface area contributed by atoms with E-state index in [1.807, 2.05) is 0 Å². The summed E-state index contributed by atoms with van der Waals surface area (Å²) in [5, 5.41) is 2.16. The van der Waals surface area contributed by atoms with Gasteiger partial charge >= 0.3 is 139 Å². The Labute approximate surface area is 139 Å². The van der Waals surface area contributed by atoms with E-state index in [1.165, 1.54) is 16.7 Å². The summed E-state index contributed by atoms with van der Waals surface area (Å²) in [5.74, 6) is 0.466. The molecule has 22 heavy (non-hydrogen) atoms. The van der Waals surface area contributed by atoms with Gasteiger partial charge in [0.1, 0.15) is 0 Å². The van der Waals surface area contributed by atoms with Gasteiger partial charge in [0.2, 0.25) is 0 Å². The number of carbonyl (C=O) groups excluding carboxylic acids is 1. The van der Waals surface area contributed by atoms with Gasteiger partial charge in [-0.3, -0.25) is 0 Å². The van der Waals surface area contributed by atoms with Gasteiger partial charge in [0.25, 0.3) is 0 Å². The molecule has 1 fully saturated rings. The number of rotatable bonds is 5. The first-order chi connectivity index (χ1) is 10.7. The molecule has 3 rings (SSSR count). The normalized spacial score (nSPS) is 21.2. The summed E-state index contributed by atoms with van der Waals surface area (Å²) in [6.45, 7) is 2.12. The molecule has 2 aromatic carbocycles. The molecule has 2 heteroatoms. The number of ketones is 1. The van der Waals surface area contributed by atoms with Crippen molar-refractivity contribution in [3.8, 4) is 0 Å². The fraction of sp³-hybridized carbons (Fsp3) is 0.350. The van der Waals surface area contributed by atoms with Gasteiger partial charge < -0.3 is 0 Å². The van der Waals surface area contributed by atoms with Crippen molar-refractivity contribution < 1.29 is 4.79 Å². The Kier molecular flexibility index (Phi) is 4.80. The molecule has 0 aromatic heterocycles. The van der Waals surface area contributed by atoms with Gasteiger partial charge in [-0.05, 0) is 0 Å². The fourth-order valence-corrected chi connectivity index (χ4v) is 6.16. The van der Waals surface area contributed by atoms with Crippen LogP contribution in [0.2, 0.25) is 5.32 Å². The van der Waals surface area contributed by atoms with E-state index < -0.39 is 0 Å². The molecule has 0 bridgehead atoms. The monoisotopic (exact) mass is 358 g/mol. The van der Waals surface area contributed by atoms with E-state index in [9.17, 15) is 4.79 Å². The molecule has 114 valence electrons. The molecular weight excluding hydrogens is 335 g/mol. The molecule has 1 aliphatic rings. The molecule has 0 N–H and O–H groups in total. The van der Waals surface area contributed by atoms with Crippen molar-refractivity contribution in [1.82, 2.24) is 0 Å². The van der Waals surface area contributed by atoms with Crippen molar-refractivity contribution in [2.24, 2.45) is 0 Å². The second-order valence-corrected chi connectivity index (χ2v) is 8.27. The zero-order chi connectivity index (χ0) is 15.4. The summed E-state index contributed by atoms with van der Waals surface area (Å²) in [4.78, 5) is 12.7. The molecule has 1 saturated carbocycles. The number of hydrogen-bond acceptors (Lipinski definition) is 1. The van der Waals surface area contributed by atoms with E-state index in [0.29, 0.717) is 20.7 Å². The van der Waals surface area contributed by atoms with Crippen LogP contribution in [0.5, 0.6) is 0 Å². The molecule has 0 radical (unpaired) electrons. The third kappa shape index (κ3) is 3.19. The second kappa shape index (κ2) is 6.81. The first kappa shape index (κ1) is 15.5. The van der Waals surface area contributed by atoms with Crippen LogP contribution in [-0.2, 0) is 15.5 Å². The molecular formula is C20H22OSe. The Morgan fingerprint density at radius 2 is 1.91 bits per heavy atom. The minimum atomic E-state index is -0.194. The third-order valence-corrected chi connectivity index (χ3v) is 7.16. The summed E-state index contributed by atoms with van der Waals surface area (Å²) in [6, 6.07) is 19.2. The van der Waals surface area contributed by atoms with E-state index >= 15 is 0 Å². The van der Waals surface area contributed by atoms with Gasteiger partial charge in [0, 0.05) is 0 Å². The number of benzene rings is 2. The van der Waals surface area contributed by atoms with Crippen LogP contribution in [0.25, 0.3) is 0 Å². The summed E-state index contributed by atoms with van der Waals surface area (Å²) >= 11 is 0.463. The Balaban J connectivity index is 1.77. The summed E-state index contributed by atoms with van der Waals surface area (Å²) in [5.41, 5.74) is 3.71. The van der Waals surface area contributed by atoms with Crippen molar-refractivity contribution in [3.63, 3.8) is 0 Å². The number of hydrogen-bond donors (Lipinski definition) is 0. The molecule has 0 amide bonds. The molecule has 2 aromatic rings. The maximum absolute atomic E-state index is 12.7. The summed E-state index contributed by atoms with van der Waals surface area (Å²) < 4.78 is 0. The SMILES string of the molecule is Cc1cccc(C2(C[Se]Cc3ccccc3)CCCC2=O)c1. The number of carbonyl (C=O) groups is 1. The average Bonchev–Trinajstić information content (AvgIpc) is 2.90. The van der Waals surface area contributed by atoms with Gasteiger partial charge in [-0.25, -0.2) is 0 Å². The maximum atomic E-state index is 12.7. The zero-order valence-electron chi connectivity index (χ0n) is 13.0. The van der Waals surface area contributed by atoms with E-state index in [-0.39, 0.29) is 5.41 Å². The predicted octanol–water partition coefficient (Wildman–Crippen LogP) is 4.31. The van der Waals surface area contributed by atoms with Gasteiger partial charge in [0.05, 0.1) is 0 Å². The van der Waals surface area contributed by atoms with Crippen LogP contribution >= 0.6 is 0 Å². The summed E-state index contributed by atoms with van der Waals surface area (Å²) in [7, 11) is 0. The van der Waals surface area contributed by atoms with Crippen molar-refractivity contribution in [2.45, 2.75) is 42.2 Å². The van der Waals surface area contributed by atoms with Crippen molar-refractivity contribution in [3.05, 3.63) is 71.3 Å². The molecule has 1 atom stereocenters. The van der Waals surface area contributed by atoms with Crippen LogP contribution in [0.1, 0.15) is 36.0 Å². The van der Waals surface area contributed by atoms with Gasteiger partial charge in [-0.15, -0.1) is 0 Å². The first-order valence-corrected chi connectivity index (χ1v) is 10.4. The molecule has 0 spiro atoms. The van der Waals surface area contributed by atoms with Crippen LogP contribution in [0.4, 0.5) is 0 Å². The van der Waals surface area contributed by atoms with E-state index in [4.69, 9.17) is 0 Å². The molecule has 0 aliphatic heterocycles. The fourth-order valence-electron chi connectivity index (χ4n) is 3.33. The number of aryl methyl sites for hydroxylation is 1. The third-order valence-electron chi connectivity index (χ3n) is 4.57. The van der Waals surface area contributed by atoms with E-state index in [1.54, 1.807) is 0 Å². The van der Waals surface area contributed by atoms with Crippen molar-refractivity contribution in [2.75, 3.05) is 0 Å². The minimum absolute atomic E-state index is 0.194. The Morgan fingerprint density at radius 3 is 2.59 bits per heavy atom. The van der Waals surface area contributed by atoms with Gasteiger partial charge in [-0.1, -0.05) is 0 Å². The topological polar surface area (TPSA) is 17.1 Å². The Morgan fingerprint density at radius 1 is 1.09 bits per heavy atom. The molecule has 0 heterocycles. The molecule has 0 saturated heterocycles. The van der Waals surface area contributed by atoms with Gasteiger partial charge in [0.15, 0.2) is 0 Å². The second-order valence-electron chi connectivity index (χ2n) is 6.21. The Bertz CT molecular complexity index is 650. The van der Waals surface area contributed by atoms with Crippen molar-refractivity contribution in [1.29, 1.82) is 0 Å². The molecule has 1 nitrogen and oxygen atoms in total. The summed E-state index contributed by atoms with van der Waals surface area (Å²) in [6.07, 6.45) is 2.84. The van der Waals surface area contributed by atoms with E-state index in [2.05, 4.69) is 61.5 Å². The first-order valence-electron chi connectivity index (χ1n) is 7.93. The van der Waals surface area contributed by atoms with Gasteiger partial charge in [-0.2, -0.15) is 0 Å². The van der Waals surface area contributed by atoms with Crippen LogP contribution in [0, 0.1) is 6.92 Å². The van der Waals surface area contributed by atoms with Crippen molar-refractivity contribution >= 4 is 20.7 Å². The van der Waals surface area contributed by atoms with Crippen LogP contribution in [0.3, 0.4) is 0 Å². The van der Waals surface area contributed by atoms with Crippen LogP contribution in [0.15, 0.2) is 54.6 Å². The predicted molar refractivity (Wildman–Crippen MR) is 92.4 cm³/mol.